The summed E-state index contributed by atoms with van der Waals surface area (Å²) in [4.78, 5) is 9.85. The van der Waals surface area contributed by atoms with Crippen LogP contribution in [0.1, 0.15) is 6.42 Å². The Bertz CT molecular complexity index is 1440. The largest absolute Gasteiger partial charge is 0.479 e. The normalized spacial score (nSPS) is 18.1. The first-order valence-corrected chi connectivity index (χ1v) is 11.9. The lowest BCUT2D eigenvalue weighted by Crippen LogP contribution is -2.55. The Hall–Kier alpha value is -3.52. The van der Waals surface area contributed by atoms with Gasteiger partial charge in [0.15, 0.2) is 5.82 Å². The van der Waals surface area contributed by atoms with Gasteiger partial charge in [0.2, 0.25) is 11.8 Å². The standard InChI is InChI=1S/C24H26F5N7O2/c1-37-8-7-34-5-4-18(24(28,29)12-34)31-23-32-22(38-2)21-15(3-6-36(21)33-23)14-9-16(25)20-17(10-14)35(13-30-20)11-19(26)27/h3,6,9-10,13,18-19H,4-5,7-8,11-12H2,1-2H3,(H,31,33)/t18-/m1/s1. The van der Waals surface area contributed by atoms with Crippen LogP contribution in [0.15, 0.2) is 30.7 Å². The van der Waals surface area contributed by atoms with Crippen LogP contribution >= 0.6 is 0 Å². The lowest BCUT2D eigenvalue weighted by molar-refractivity contribution is -0.0770. The van der Waals surface area contributed by atoms with Crippen molar-refractivity contribution in [2.45, 2.75) is 31.4 Å². The average molecular weight is 540 g/mol. The molecule has 0 amide bonds. The van der Waals surface area contributed by atoms with E-state index >= 15 is 0 Å². The van der Waals surface area contributed by atoms with Gasteiger partial charge in [-0.2, -0.15) is 4.98 Å². The summed E-state index contributed by atoms with van der Waals surface area (Å²) in [6.45, 7) is 0.188. The smallest absolute Gasteiger partial charge is 0.280 e. The summed E-state index contributed by atoms with van der Waals surface area (Å²) in [5.41, 5.74) is 1.37. The van der Waals surface area contributed by atoms with Gasteiger partial charge < -0.3 is 19.4 Å². The van der Waals surface area contributed by atoms with Crippen LogP contribution in [0.5, 0.6) is 5.88 Å². The van der Waals surface area contributed by atoms with Crippen LogP contribution in [0, 0.1) is 5.82 Å². The molecule has 4 aromatic rings. The molecule has 1 atom stereocenters. The second-order valence-electron chi connectivity index (χ2n) is 9.10. The second kappa shape index (κ2) is 10.3. The molecule has 1 fully saturated rings. The SMILES string of the molecule is COCCN1CC[C@@H](Nc2nc(OC)c3c(-c4cc(F)c5ncn(CC(F)F)c5c4)ccn3n2)C(F)(F)C1. The molecule has 0 bridgehead atoms. The van der Waals surface area contributed by atoms with Crippen LogP contribution < -0.4 is 10.1 Å². The number of alkyl halides is 4. The Labute approximate surface area is 214 Å². The Morgan fingerprint density at radius 1 is 1.24 bits per heavy atom. The monoisotopic (exact) mass is 539 g/mol. The highest BCUT2D eigenvalue weighted by Crippen LogP contribution is 2.35. The molecule has 38 heavy (non-hydrogen) atoms. The molecule has 0 spiro atoms. The number of fused-ring (bicyclic) bond motifs is 2. The molecule has 1 aliphatic heterocycles. The lowest BCUT2D eigenvalue weighted by atomic mass is 10.0. The molecule has 0 unspecified atom stereocenters. The molecule has 0 aliphatic carbocycles. The summed E-state index contributed by atoms with van der Waals surface area (Å²) in [5, 5.41) is 7.07. The van der Waals surface area contributed by atoms with Crippen LogP contribution in [-0.4, -0.2) is 87.9 Å². The van der Waals surface area contributed by atoms with Crippen molar-refractivity contribution in [3.63, 3.8) is 0 Å². The average Bonchev–Trinajstić information content (AvgIpc) is 3.48. The molecule has 3 aromatic heterocycles. The van der Waals surface area contributed by atoms with Crippen LogP contribution in [-0.2, 0) is 11.3 Å². The molecule has 0 radical (unpaired) electrons. The van der Waals surface area contributed by atoms with Crippen molar-refractivity contribution in [2.24, 2.45) is 0 Å². The molecule has 14 heteroatoms. The molecule has 4 heterocycles. The Morgan fingerprint density at radius 2 is 2.05 bits per heavy atom. The predicted molar refractivity (Wildman–Crippen MR) is 130 cm³/mol. The first kappa shape index (κ1) is 26.1. The number of methoxy groups -OCH3 is 2. The molecular weight excluding hydrogens is 513 g/mol. The van der Waals surface area contributed by atoms with E-state index in [-0.39, 0.29) is 29.3 Å². The highest BCUT2D eigenvalue weighted by atomic mass is 19.3. The zero-order chi connectivity index (χ0) is 27.0. The number of rotatable bonds is 9. The van der Waals surface area contributed by atoms with Crippen molar-refractivity contribution < 1.29 is 31.4 Å². The maximum Gasteiger partial charge on any atom is 0.280 e. The van der Waals surface area contributed by atoms with E-state index < -0.39 is 37.3 Å². The fourth-order valence-corrected chi connectivity index (χ4v) is 4.75. The van der Waals surface area contributed by atoms with Crippen LogP contribution in [0.2, 0.25) is 0 Å². The molecule has 9 nitrogen and oxygen atoms in total. The number of imidazole rings is 1. The lowest BCUT2D eigenvalue weighted by Gasteiger charge is -2.38. The third-order valence-electron chi connectivity index (χ3n) is 6.59. The number of hydrogen-bond donors (Lipinski definition) is 1. The first-order valence-electron chi connectivity index (χ1n) is 11.9. The molecule has 1 aromatic carbocycles. The predicted octanol–water partition coefficient (Wildman–Crippen LogP) is 3.93. The van der Waals surface area contributed by atoms with Gasteiger partial charge in [0.1, 0.15) is 11.0 Å². The number of ether oxygens (including phenoxy) is 2. The highest BCUT2D eigenvalue weighted by molar-refractivity contribution is 5.90. The number of nitrogens with zero attached hydrogens (tertiary/aromatic N) is 6. The number of piperidine rings is 1. The van der Waals surface area contributed by atoms with Crippen molar-refractivity contribution in [2.75, 3.05) is 45.8 Å². The number of aromatic nitrogens is 5. The minimum atomic E-state index is -3.03. The van der Waals surface area contributed by atoms with E-state index in [1.54, 1.807) is 23.2 Å². The van der Waals surface area contributed by atoms with Gasteiger partial charge >= 0.3 is 0 Å². The van der Waals surface area contributed by atoms with Crippen LogP contribution in [0.3, 0.4) is 0 Å². The van der Waals surface area contributed by atoms with Gasteiger partial charge in [-0.1, -0.05) is 0 Å². The summed E-state index contributed by atoms with van der Waals surface area (Å²) in [6, 6.07) is 3.23. The summed E-state index contributed by atoms with van der Waals surface area (Å²) in [7, 11) is 2.89. The molecule has 1 saturated heterocycles. The third kappa shape index (κ3) is 4.97. The fourth-order valence-electron chi connectivity index (χ4n) is 4.75. The highest BCUT2D eigenvalue weighted by Gasteiger charge is 2.45. The van der Waals surface area contributed by atoms with Gasteiger partial charge in [0.25, 0.3) is 12.3 Å². The Balaban J connectivity index is 1.46. The topological polar surface area (TPSA) is 81.7 Å². The number of anilines is 1. The summed E-state index contributed by atoms with van der Waals surface area (Å²) in [6.07, 6.45) is 0.257. The minimum Gasteiger partial charge on any atom is -0.479 e. The van der Waals surface area contributed by atoms with Crippen LogP contribution in [0.25, 0.3) is 27.7 Å². The van der Waals surface area contributed by atoms with Crippen molar-refractivity contribution in [1.29, 1.82) is 0 Å². The molecule has 1 N–H and O–H groups in total. The number of halogens is 5. The molecule has 1 aliphatic rings. The fraction of sp³-hybridized carbons (Fsp3) is 0.458. The van der Waals surface area contributed by atoms with Crippen molar-refractivity contribution in [1.82, 2.24) is 29.0 Å². The van der Waals surface area contributed by atoms with Crippen molar-refractivity contribution >= 4 is 22.5 Å². The third-order valence-corrected chi connectivity index (χ3v) is 6.59. The second-order valence-corrected chi connectivity index (χ2v) is 9.10. The van der Waals surface area contributed by atoms with Gasteiger partial charge in [0, 0.05) is 32.0 Å². The summed E-state index contributed by atoms with van der Waals surface area (Å²) < 4.78 is 83.6. The number of nitrogens with one attached hydrogen (secondary N) is 1. The van der Waals surface area contributed by atoms with Gasteiger partial charge in [-0.15, -0.1) is 5.10 Å². The molecule has 204 valence electrons. The quantitative estimate of drug-likeness (QED) is 0.323. The van der Waals surface area contributed by atoms with E-state index in [1.807, 2.05) is 0 Å². The van der Waals surface area contributed by atoms with E-state index in [0.717, 1.165) is 0 Å². The zero-order valence-corrected chi connectivity index (χ0v) is 20.7. The first-order chi connectivity index (χ1) is 18.2. The Morgan fingerprint density at radius 3 is 2.76 bits per heavy atom. The molecule has 5 rings (SSSR count). The van der Waals surface area contributed by atoms with Crippen molar-refractivity contribution in [3.05, 3.63) is 36.5 Å². The maximum atomic E-state index is 14.9. The number of hydrogen-bond acceptors (Lipinski definition) is 7. The van der Waals surface area contributed by atoms with Gasteiger partial charge in [-0.25, -0.2) is 31.5 Å². The number of benzene rings is 1. The van der Waals surface area contributed by atoms with Gasteiger partial charge in [-0.3, -0.25) is 4.90 Å². The van der Waals surface area contributed by atoms with Gasteiger partial charge in [-0.05, 0) is 30.2 Å². The summed E-state index contributed by atoms with van der Waals surface area (Å²) >= 11 is 0. The van der Waals surface area contributed by atoms with Gasteiger partial charge in [0.05, 0.1) is 44.7 Å². The minimum absolute atomic E-state index is 0.0261. The molecule has 0 saturated carbocycles. The summed E-state index contributed by atoms with van der Waals surface area (Å²) in [5.74, 6) is -3.69. The van der Waals surface area contributed by atoms with E-state index in [0.29, 0.717) is 36.3 Å². The maximum absolute atomic E-state index is 14.9. The molecular formula is C24H26F5N7O2. The van der Waals surface area contributed by atoms with Crippen molar-refractivity contribution in [3.8, 4) is 17.0 Å². The van der Waals surface area contributed by atoms with E-state index in [1.165, 1.54) is 35.7 Å². The Kier molecular flexibility index (Phi) is 7.09. The number of likely N-dealkylation sites (tertiary alicyclic amines) is 1. The van der Waals surface area contributed by atoms with E-state index in [9.17, 15) is 22.0 Å². The van der Waals surface area contributed by atoms with Crippen LogP contribution in [0.4, 0.5) is 27.9 Å². The van der Waals surface area contributed by atoms with E-state index in [2.05, 4.69) is 20.4 Å². The van der Waals surface area contributed by atoms with E-state index in [4.69, 9.17) is 9.47 Å². The zero-order valence-electron chi connectivity index (χ0n) is 20.7.